The molecule has 0 aliphatic carbocycles. The van der Waals surface area contributed by atoms with Crippen molar-refractivity contribution in [2.45, 2.75) is 24.5 Å². The van der Waals surface area contributed by atoms with Crippen LogP contribution in [-0.2, 0) is 9.57 Å². The highest BCUT2D eigenvalue weighted by atomic mass is 16.7. The number of aliphatic hydroxyl groups is 3. The van der Waals surface area contributed by atoms with Crippen molar-refractivity contribution in [1.82, 2.24) is 5.06 Å². The topological polar surface area (TPSA) is 82.4 Å². The van der Waals surface area contributed by atoms with Gasteiger partial charge in [0.15, 0.2) is 6.23 Å². The van der Waals surface area contributed by atoms with Gasteiger partial charge in [-0.1, -0.05) is 0 Å². The summed E-state index contributed by atoms with van der Waals surface area (Å²) >= 11 is 0. The maximum absolute atomic E-state index is 9.45. The second kappa shape index (κ2) is 4.32. The molecule has 0 radical (unpaired) electrons. The predicted molar refractivity (Wildman–Crippen MR) is 42.5 cm³/mol. The Bertz CT molecular complexity index is 167. The summed E-state index contributed by atoms with van der Waals surface area (Å²) in [5.74, 6) is 0. The van der Waals surface area contributed by atoms with Gasteiger partial charge in [0.25, 0.3) is 0 Å². The van der Waals surface area contributed by atoms with Crippen molar-refractivity contribution < 1.29 is 24.9 Å². The van der Waals surface area contributed by atoms with E-state index in [9.17, 15) is 10.2 Å². The number of hydrogen-bond donors (Lipinski definition) is 3. The van der Waals surface area contributed by atoms with Gasteiger partial charge in [-0.3, -0.25) is 4.84 Å². The number of hydroxylamine groups is 2. The third kappa shape index (κ3) is 2.16. The van der Waals surface area contributed by atoms with Crippen LogP contribution in [-0.4, -0.2) is 65.7 Å². The molecule has 0 bridgehead atoms. The van der Waals surface area contributed by atoms with Crippen LogP contribution in [0.1, 0.15) is 0 Å². The van der Waals surface area contributed by atoms with E-state index < -0.39 is 24.5 Å². The summed E-state index contributed by atoms with van der Waals surface area (Å²) in [7, 11) is 2.99. The monoisotopic (exact) mass is 193 g/mol. The highest BCUT2D eigenvalue weighted by Gasteiger charge is 2.39. The maximum Gasteiger partial charge on any atom is 0.161 e. The Hall–Kier alpha value is -0.240. The van der Waals surface area contributed by atoms with E-state index in [2.05, 4.69) is 0 Å². The number of aliphatic hydroxyl groups excluding tert-OH is 3. The standard InChI is InChI=1S/C7H15NO5/c1-8(12-2)7-6(11)5(10)4(9)3-13-7/h4-7,9-11H,3H2,1-2H3/t4-,5+,6?,7+/m0/s1. The lowest BCUT2D eigenvalue weighted by Gasteiger charge is -2.38. The molecule has 0 saturated carbocycles. The van der Waals surface area contributed by atoms with Crippen molar-refractivity contribution in [1.29, 1.82) is 0 Å². The Labute approximate surface area is 76.2 Å². The molecule has 0 spiro atoms. The Balaban J connectivity index is 2.58. The first kappa shape index (κ1) is 10.8. The van der Waals surface area contributed by atoms with Crippen LogP contribution < -0.4 is 0 Å². The van der Waals surface area contributed by atoms with Crippen LogP contribution in [0.3, 0.4) is 0 Å². The molecule has 1 fully saturated rings. The Morgan fingerprint density at radius 2 is 1.92 bits per heavy atom. The van der Waals surface area contributed by atoms with Crippen LogP contribution in [0.25, 0.3) is 0 Å². The van der Waals surface area contributed by atoms with Gasteiger partial charge in [-0.05, 0) is 0 Å². The molecule has 6 heteroatoms. The average molecular weight is 193 g/mol. The average Bonchev–Trinajstić information content (AvgIpc) is 2.13. The van der Waals surface area contributed by atoms with Crippen molar-refractivity contribution in [3.63, 3.8) is 0 Å². The largest absolute Gasteiger partial charge is 0.388 e. The molecule has 1 saturated heterocycles. The number of likely N-dealkylation sites (N-methyl/N-ethyl adjacent to an activating group) is 1. The fraction of sp³-hybridized carbons (Fsp3) is 1.00. The third-order valence-electron chi connectivity index (χ3n) is 2.12. The van der Waals surface area contributed by atoms with Gasteiger partial charge in [-0.15, -0.1) is 0 Å². The molecule has 1 aliphatic rings. The van der Waals surface area contributed by atoms with Gasteiger partial charge in [0.2, 0.25) is 0 Å². The molecule has 13 heavy (non-hydrogen) atoms. The molecule has 3 N–H and O–H groups in total. The lowest BCUT2D eigenvalue weighted by molar-refractivity contribution is -0.296. The number of hydrogen-bond acceptors (Lipinski definition) is 6. The molecule has 1 rings (SSSR count). The third-order valence-corrected chi connectivity index (χ3v) is 2.12. The summed E-state index contributed by atoms with van der Waals surface area (Å²) in [4.78, 5) is 4.80. The number of rotatable bonds is 2. The Morgan fingerprint density at radius 3 is 2.46 bits per heavy atom. The normalized spacial score (nSPS) is 41.1. The zero-order valence-corrected chi connectivity index (χ0v) is 7.62. The van der Waals surface area contributed by atoms with E-state index in [1.54, 1.807) is 7.05 Å². The molecular formula is C7H15NO5. The molecule has 1 unspecified atom stereocenters. The highest BCUT2D eigenvalue weighted by Crippen LogP contribution is 2.17. The predicted octanol–water partition coefficient (Wildman–Crippen LogP) is -2.08. The molecule has 0 amide bonds. The minimum absolute atomic E-state index is 0.0173. The van der Waals surface area contributed by atoms with Crippen LogP contribution in [0, 0.1) is 0 Å². The fourth-order valence-corrected chi connectivity index (χ4v) is 1.21. The van der Waals surface area contributed by atoms with Crippen LogP contribution in [0.15, 0.2) is 0 Å². The highest BCUT2D eigenvalue weighted by molar-refractivity contribution is 4.84. The minimum Gasteiger partial charge on any atom is -0.388 e. The summed E-state index contributed by atoms with van der Waals surface area (Å²) in [5, 5.41) is 29.2. The second-order valence-electron chi connectivity index (χ2n) is 3.00. The zero-order chi connectivity index (χ0) is 10.0. The summed E-state index contributed by atoms with van der Waals surface area (Å²) < 4.78 is 5.07. The molecule has 0 aromatic heterocycles. The molecule has 78 valence electrons. The Kier molecular flexibility index (Phi) is 3.60. The van der Waals surface area contributed by atoms with Gasteiger partial charge >= 0.3 is 0 Å². The first-order chi connectivity index (χ1) is 6.07. The Morgan fingerprint density at radius 1 is 1.31 bits per heavy atom. The summed E-state index contributed by atoms with van der Waals surface area (Å²) in [6, 6.07) is 0. The van der Waals surface area contributed by atoms with Gasteiger partial charge in [0.1, 0.15) is 18.3 Å². The van der Waals surface area contributed by atoms with Gasteiger partial charge in [-0.2, -0.15) is 5.06 Å². The van der Waals surface area contributed by atoms with E-state index >= 15 is 0 Å². The molecule has 0 aromatic carbocycles. The van der Waals surface area contributed by atoms with Crippen LogP contribution in [0.4, 0.5) is 0 Å². The van der Waals surface area contributed by atoms with Crippen molar-refractivity contribution >= 4 is 0 Å². The molecule has 0 aromatic rings. The van der Waals surface area contributed by atoms with Crippen molar-refractivity contribution in [3.05, 3.63) is 0 Å². The van der Waals surface area contributed by atoms with Gasteiger partial charge in [0, 0.05) is 7.05 Å². The van der Waals surface area contributed by atoms with E-state index in [4.69, 9.17) is 14.7 Å². The molecule has 6 nitrogen and oxygen atoms in total. The molecule has 4 atom stereocenters. The van der Waals surface area contributed by atoms with E-state index in [1.165, 1.54) is 12.2 Å². The molecule has 1 aliphatic heterocycles. The summed E-state index contributed by atoms with van der Waals surface area (Å²) in [6.07, 6.45) is -4.16. The minimum atomic E-state index is -1.20. The first-order valence-corrected chi connectivity index (χ1v) is 4.00. The van der Waals surface area contributed by atoms with Crippen molar-refractivity contribution in [2.24, 2.45) is 0 Å². The van der Waals surface area contributed by atoms with Gasteiger partial charge in [-0.25, -0.2) is 0 Å². The van der Waals surface area contributed by atoms with E-state index in [-0.39, 0.29) is 6.61 Å². The van der Waals surface area contributed by atoms with Crippen LogP contribution >= 0.6 is 0 Å². The van der Waals surface area contributed by atoms with Gasteiger partial charge in [0.05, 0.1) is 13.7 Å². The van der Waals surface area contributed by atoms with E-state index in [0.29, 0.717) is 0 Å². The van der Waals surface area contributed by atoms with Crippen molar-refractivity contribution in [2.75, 3.05) is 20.8 Å². The zero-order valence-electron chi connectivity index (χ0n) is 7.62. The number of ether oxygens (including phenoxy) is 1. The lowest BCUT2D eigenvalue weighted by Crippen LogP contribution is -2.57. The van der Waals surface area contributed by atoms with Gasteiger partial charge < -0.3 is 20.1 Å². The fourth-order valence-electron chi connectivity index (χ4n) is 1.21. The summed E-state index contributed by atoms with van der Waals surface area (Å²) in [6.45, 7) is -0.0173. The first-order valence-electron chi connectivity index (χ1n) is 4.00. The summed E-state index contributed by atoms with van der Waals surface area (Å²) in [5.41, 5.74) is 0. The quantitative estimate of drug-likeness (QED) is 0.437. The number of nitrogens with zero attached hydrogens (tertiary/aromatic N) is 1. The van der Waals surface area contributed by atoms with E-state index in [0.717, 1.165) is 0 Å². The molecule has 1 heterocycles. The lowest BCUT2D eigenvalue weighted by atomic mass is 10.0. The molecular weight excluding hydrogens is 178 g/mol. The SMILES string of the molecule is CON(C)[C@@H]1OC[C@H](O)[C@@H](O)C1O. The maximum atomic E-state index is 9.45. The second-order valence-corrected chi connectivity index (χ2v) is 3.00. The van der Waals surface area contributed by atoms with E-state index in [1.807, 2.05) is 0 Å². The van der Waals surface area contributed by atoms with Crippen LogP contribution in [0.2, 0.25) is 0 Å². The van der Waals surface area contributed by atoms with Crippen LogP contribution in [0.5, 0.6) is 0 Å². The van der Waals surface area contributed by atoms with Crippen molar-refractivity contribution in [3.8, 4) is 0 Å². The smallest absolute Gasteiger partial charge is 0.161 e.